The molecule has 13 nitrogen and oxygen atoms in total. The Morgan fingerprint density at radius 3 is 2.29 bits per heavy atom. The van der Waals surface area contributed by atoms with Gasteiger partial charge in [-0.05, 0) is 44.8 Å². The van der Waals surface area contributed by atoms with Crippen LogP contribution in [0.4, 0.5) is 4.79 Å². The van der Waals surface area contributed by atoms with Gasteiger partial charge in [0.2, 0.25) is 11.1 Å². The zero-order chi connectivity index (χ0) is 35.9. The van der Waals surface area contributed by atoms with E-state index in [1.807, 2.05) is 109 Å². The highest BCUT2D eigenvalue weighted by atomic mass is 32.2. The van der Waals surface area contributed by atoms with Crippen LogP contribution in [0, 0.1) is 0 Å². The lowest BCUT2D eigenvalue weighted by molar-refractivity contribution is -0.245. The van der Waals surface area contributed by atoms with E-state index in [-0.39, 0.29) is 44.3 Å². The van der Waals surface area contributed by atoms with Crippen molar-refractivity contribution in [3.8, 4) is 5.69 Å². The summed E-state index contributed by atoms with van der Waals surface area (Å²) in [6.45, 7) is 0.0557. The molecule has 2 fully saturated rings. The van der Waals surface area contributed by atoms with Crippen molar-refractivity contribution >= 4 is 29.7 Å². The summed E-state index contributed by atoms with van der Waals surface area (Å²) >= 11 is 1.49. The molecular formula is C38H36N6O7S. The first-order valence-corrected chi connectivity index (χ1v) is 17.8. The first kappa shape index (κ1) is 35.0. The zero-order valence-corrected chi connectivity index (χ0v) is 28.8. The van der Waals surface area contributed by atoms with Gasteiger partial charge in [0, 0.05) is 17.7 Å². The minimum absolute atomic E-state index is 0.0492. The molecule has 3 heterocycles. The second-order valence-corrected chi connectivity index (χ2v) is 13.4. The number of likely N-dealkylation sites (tertiary alicyclic amines) is 1. The van der Waals surface area contributed by atoms with Gasteiger partial charge in [-0.3, -0.25) is 14.5 Å². The molecule has 14 heteroatoms. The molecule has 2 aliphatic heterocycles. The summed E-state index contributed by atoms with van der Waals surface area (Å²) in [6, 6.07) is 32.9. The largest absolute Gasteiger partial charge is 0.445 e. The number of tetrazole rings is 1. The van der Waals surface area contributed by atoms with Crippen molar-refractivity contribution in [2.45, 2.75) is 62.3 Å². The van der Waals surface area contributed by atoms with Gasteiger partial charge in [-0.2, -0.15) is 4.68 Å². The van der Waals surface area contributed by atoms with Crippen molar-refractivity contribution in [2.75, 3.05) is 5.75 Å². The van der Waals surface area contributed by atoms with E-state index in [4.69, 9.17) is 14.2 Å². The summed E-state index contributed by atoms with van der Waals surface area (Å²) in [4.78, 5) is 39.4. The van der Waals surface area contributed by atoms with Crippen molar-refractivity contribution < 1.29 is 33.7 Å². The topological polar surface area (TPSA) is 158 Å². The van der Waals surface area contributed by atoms with Crippen LogP contribution < -0.4 is 5.32 Å². The number of hydrogen-bond donors (Lipinski definition) is 2. The summed E-state index contributed by atoms with van der Waals surface area (Å²) in [5.74, 6) is -0.307. The summed E-state index contributed by atoms with van der Waals surface area (Å²) in [5, 5.41) is 25.0. The monoisotopic (exact) mass is 720 g/mol. The molecule has 2 N–H and O–H groups in total. The maximum absolute atomic E-state index is 13.1. The maximum Gasteiger partial charge on any atom is 0.408 e. The third-order valence-corrected chi connectivity index (χ3v) is 9.85. The average molecular weight is 721 g/mol. The predicted octanol–water partition coefficient (Wildman–Crippen LogP) is 5.05. The van der Waals surface area contributed by atoms with E-state index in [0.717, 1.165) is 38.4 Å². The molecular weight excluding hydrogens is 685 g/mol. The number of carbonyl (C=O) groups excluding carboxylic acids is 3. The summed E-state index contributed by atoms with van der Waals surface area (Å²) < 4.78 is 19.9. The number of ether oxygens (including phenoxy) is 3. The first-order chi connectivity index (χ1) is 25.4. The Bertz CT molecular complexity index is 1980. The molecule has 0 aliphatic carbocycles. The Labute approximate surface area is 303 Å². The van der Waals surface area contributed by atoms with Crippen LogP contribution in [-0.4, -0.2) is 66.0 Å². The lowest BCUT2D eigenvalue weighted by Crippen LogP contribution is -2.41. The maximum atomic E-state index is 13.1. The van der Waals surface area contributed by atoms with Gasteiger partial charge in [-0.1, -0.05) is 109 Å². The lowest BCUT2D eigenvalue weighted by atomic mass is 10.0. The molecule has 0 bridgehead atoms. The second-order valence-electron chi connectivity index (χ2n) is 12.4. The Morgan fingerprint density at radius 2 is 1.56 bits per heavy atom. The molecule has 0 radical (unpaired) electrons. The van der Waals surface area contributed by atoms with Gasteiger partial charge in [0.1, 0.15) is 12.6 Å². The van der Waals surface area contributed by atoms with E-state index >= 15 is 0 Å². The second kappa shape index (κ2) is 16.3. The molecule has 1 aromatic heterocycles. The molecule has 7 rings (SSSR count). The quantitative estimate of drug-likeness (QED) is 0.131. The SMILES string of the molecule is O=C(NC1CC(=O)N(Cc2ccc([C@@H]3O[C@H](CSc4nnnn4-c4ccccc4)C[C@H](c4ccc(CO)cc4)O3)cc2)C1=O)OCc1ccccc1. The highest BCUT2D eigenvalue weighted by molar-refractivity contribution is 7.99. The predicted molar refractivity (Wildman–Crippen MR) is 188 cm³/mol. The highest BCUT2D eigenvalue weighted by Gasteiger charge is 2.40. The van der Waals surface area contributed by atoms with Gasteiger partial charge in [-0.15, -0.1) is 5.10 Å². The van der Waals surface area contributed by atoms with E-state index in [1.54, 1.807) is 4.68 Å². The molecule has 4 aromatic carbocycles. The third-order valence-electron chi connectivity index (χ3n) is 8.80. The Balaban J connectivity index is 1.00. The third kappa shape index (κ3) is 8.37. The molecule has 2 saturated heterocycles. The molecule has 1 unspecified atom stereocenters. The minimum Gasteiger partial charge on any atom is -0.445 e. The summed E-state index contributed by atoms with van der Waals surface area (Å²) in [6.07, 6.45) is -1.53. The fraction of sp³-hybridized carbons (Fsp3) is 0.263. The van der Waals surface area contributed by atoms with E-state index < -0.39 is 24.3 Å². The van der Waals surface area contributed by atoms with Gasteiger partial charge in [0.05, 0.1) is 37.5 Å². The number of hydrogen-bond acceptors (Lipinski definition) is 11. The molecule has 4 atom stereocenters. The number of imide groups is 1. The Hall–Kier alpha value is -5.41. The van der Waals surface area contributed by atoms with Crippen LogP contribution in [0.25, 0.3) is 5.69 Å². The molecule has 0 spiro atoms. The van der Waals surface area contributed by atoms with Gasteiger partial charge in [-0.25, -0.2) is 4.79 Å². The standard InChI is InChI=1S/C38H36N6O7S/c45-22-26-13-15-28(16-14-26)33-19-31(24-52-37-40-41-42-44(37)30-9-5-2-6-10-30)50-36(51-33)29-17-11-25(12-18-29)21-43-34(46)20-32(35(43)47)39-38(48)49-23-27-7-3-1-4-8-27/h1-18,31-33,36,45H,19-24H2,(H,39,48)/t31-,32?,33+,36+/m0/s1. The minimum atomic E-state index is -0.991. The van der Waals surface area contributed by atoms with E-state index in [0.29, 0.717) is 17.3 Å². The molecule has 0 saturated carbocycles. The number of benzene rings is 4. The smallest absolute Gasteiger partial charge is 0.408 e. The van der Waals surface area contributed by atoms with E-state index in [1.165, 1.54) is 11.8 Å². The Morgan fingerprint density at radius 1 is 0.865 bits per heavy atom. The average Bonchev–Trinajstić information content (AvgIpc) is 3.77. The van der Waals surface area contributed by atoms with Crippen molar-refractivity contribution in [1.29, 1.82) is 0 Å². The summed E-state index contributed by atoms with van der Waals surface area (Å²) in [7, 11) is 0. The fourth-order valence-corrected chi connectivity index (χ4v) is 6.93. The van der Waals surface area contributed by atoms with Crippen LogP contribution in [0.2, 0.25) is 0 Å². The van der Waals surface area contributed by atoms with Crippen LogP contribution >= 0.6 is 11.8 Å². The van der Waals surface area contributed by atoms with E-state index in [9.17, 15) is 19.5 Å². The molecule has 5 aromatic rings. The number of carbonyl (C=O) groups is 3. The number of nitrogens with one attached hydrogen (secondary N) is 1. The van der Waals surface area contributed by atoms with Gasteiger partial charge in [0.25, 0.3) is 5.91 Å². The normalized spacial score (nSPS) is 20.2. The van der Waals surface area contributed by atoms with E-state index in [2.05, 4.69) is 20.8 Å². The van der Waals surface area contributed by atoms with Crippen molar-refractivity contribution in [3.05, 3.63) is 137 Å². The number of rotatable bonds is 12. The number of nitrogens with zero attached hydrogens (tertiary/aromatic N) is 5. The number of aromatic nitrogens is 4. The number of amides is 3. The molecule has 3 amide bonds. The highest BCUT2D eigenvalue weighted by Crippen LogP contribution is 2.39. The van der Waals surface area contributed by atoms with Gasteiger partial charge < -0.3 is 24.6 Å². The summed E-state index contributed by atoms with van der Waals surface area (Å²) in [5.41, 5.74) is 4.93. The van der Waals surface area contributed by atoms with Crippen molar-refractivity contribution in [3.63, 3.8) is 0 Å². The number of para-hydroxylation sites is 1. The van der Waals surface area contributed by atoms with Crippen LogP contribution in [0.5, 0.6) is 0 Å². The Kier molecular flexibility index (Phi) is 11.0. The van der Waals surface area contributed by atoms with Crippen LogP contribution in [-0.2, 0) is 43.6 Å². The number of aliphatic hydroxyl groups is 1. The number of aliphatic hydroxyl groups excluding tert-OH is 1. The van der Waals surface area contributed by atoms with Crippen LogP contribution in [0.1, 0.15) is 53.1 Å². The number of alkyl carbamates (subject to hydrolysis) is 1. The van der Waals surface area contributed by atoms with Gasteiger partial charge in [0.15, 0.2) is 6.29 Å². The molecule has 266 valence electrons. The molecule has 2 aliphatic rings. The van der Waals surface area contributed by atoms with Gasteiger partial charge >= 0.3 is 6.09 Å². The number of thioether (sulfide) groups is 1. The van der Waals surface area contributed by atoms with Crippen molar-refractivity contribution in [2.24, 2.45) is 0 Å². The van der Waals surface area contributed by atoms with Crippen molar-refractivity contribution in [1.82, 2.24) is 30.4 Å². The molecule has 52 heavy (non-hydrogen) atoms. The fourth-order valence-electron chi connectivity index (χ4n) is 6.02. The zero-order valence-electron chi connectivity index (χ0n) is 28.0. The first-order valence-electron chi connectivity index (χ1n) is 16.8. The van der Waals surface area contributed by atoms with Crippen LogP contribution in [0.3, 0.4) is 0 Å². The van der Waals surface area contributed by atoms with Crippen LogP contribution in [0.15, 0.2) is 114 Å². The lowest BCUT2D eigenvalue weighted by Gasteiger charge is -2.36.